The number of piperidine rings is 1. The molecule has 2 aliphatic rings. The first-order chi connectivity index (χ1) is 14.3. The van der Waals surface area contributed by atoms with Crippen LogP contribution in [0.4, 0.5) is 13.2 Å². The van der Waals surface area contributed by atoms with Crippen molar-refractivity contribution in [3.8, 4) is 11.8 Å². The summed E-state index contributed by atoms with van der Waals surface area (Å²) < 4.78 is 37.8. The van der Waals surface area contributed by atoms with E-state index in [2.05, 4.69) is 23.4 Å². The number of hydrogen-bond donors (Lipinski definition) is 1. The average molecular weight is 412 g/mol. The van der Waals surface area contributed by atoms with Crippen molar-refractivity contribution in [2.24, 2.45) is 0 Å². The summed E-state index contributed by atoms with van der Waals surface area (Å²) >= 11 is 0. The van der Waals surface area contributed by atoms with Gasteiger partial charge in [-0.25, -0.2) is 0 Å². The molecule has 2 aromatic carbocycles. The molecule has 0 atom stereocenters. The van der Waals surface area contributed by atoms with E-state index in [4.69, 9.17) is 4.84 Å². The van der Waals surface area contributed by atoms with Gasteiger partial charge in [-0.2, -0.15) is 13.2 Å². The van der Waals surface area contributed by atoms with E-state index in [0.29, 0.717) is 31.5 Å². The molecule has 0 saturated carbocycles. The Morgan fingerprint density at radius 3 is 2.33 bits per heavy atom. The first-order valence-corrected chi connectivity index (χ1v) is 9.55. The van der Waals surface area contributed by atoms with Gasteiger partial charge in [0.1, 0.15) is 5.60 Å². The van der Waals surface area contributed by atoms with Crippen molar-refractivity contribution in [1.29, 1.82) is 0 Å². The van der Waals surface area contributed by atoms with Crippen molar-refractivity contribution in [2.75, 3.05) is 13.1 Å². The summed E-state index contributed by atoms with van der Waals surface area (Å²) in [4.78, 5) is 19.9. The summed E-state index contributed by atoms with van der Waals surface area (Å²) in [6.07, 6.45) is -1.07. The van der Waals surface area contributed by atoms with Crippen LogP contribution >= 0.6 is 0 Å². The fraction of sp³-hybridized carbons (Fsp3) is 0.261. The fourth-order valence-corrected chi connectivity index (χ4v) is 3.52. The minimum Gasteiger partial charge on any atom is -0.332 e. The molecule has 1 N–H and O–H groups in total. The Bertz CT molecular complexity index is 1010. The number of hydrogen-bond acceptors (Lipinski definition) is 3. The van der Waals surface area contributed by atoms with Gasteiger partial charge in [-0.3, -0.25) is 15.1 Å². The van der Waals surface area contributed by atoms with Gasteiger partial charge in [-0.05, 0) is 35.9 Å². The monoisotopic (exact) mass is 412 g/mol. The molecule has 1 saturated heterocycles. The summed E-state index contributed by atoms with van der Waals surface area (Å²) in [5.41, 5.74) is 4.11. The third-order valence-corrected chi connectivity index (χ3v) is 5.28. The van der Waals surface area contributed by atoms with Crippen LogP contribution in [0.1, 0.15) is 29.5 Å². The number of carbonyl (C=O) groups is 1. The first-order valence-electron chi connectivity index (χ1n) is 9.55. The lowest BCUT2D eigenvalue weighted by atomic mass is 9.90. The lowest BCUT2D eigenvalue weighted by Gasteiger charge is -2.35. The van der Waals surface area contributed by atoms with Crippen molar-refractivity contribution >= 4 is 11.6 Å². The minimum atomic E-state index is -4.39. The Balaban J connectivity index is 1.37. The predicted octanol–water partition coefficient (Wildman–Crippen LogP) is 3.99. The van der Waals surface area contributed by atoms with Crippen LogP contribution < -0.4 is 5.48 Å². The van der Waals surface area contributed by atoms with Crippen LogP contribution in [0, 0.1) is 11.8 Å². The van der Waals surface area contributed by atoms with Gasteiger partial charge in [0.2, 0.25) is 0 Å². The second-order valence-electron chi connectivity index (χ2n) is 7.31. The largest absolute Gasteiger partial charge is 0.416 e. The number of rotatable bonds is 1. The molecule has 154 valence electrons. The lowest BCUT2D eigenvalue weighted by molar-refractivity contribution is -0.137. The molecule has 1 amide bonds. The standard InChI is InChI=1S/C23H19F3N2O2/c24-23(25,26)19-9-6-17(7-10-19)8-11-21(29)28-14-12-22(13-15-28)16-20(27-30-22)18-4-2-1-3-5-18/h1-7,9-10,16,27H,12-15H2. The minimum absolute atomic E-state index is 0.344. The summed E-state index contributed by atoms with van der Waals surface area (Å²) in [5, 5.41) is 0. The van der Waals surface area contributed by atoms with Crippen molar-refractivity contribution in [3.63, 3.8) is 0 Å². The summed E-state index contributed by atoms with van der Waals surface area (Å²) in [7, 11) is 0. The Labute approximate surface area is 172 Å². The second kappa shape index (κ2) is 7.88. The first kappa shape index (κ1) is 20.0. The number of likely N-dealkylation sites (tertiary alicyclic amines) is 1. The molecule has 2 heterocycles. The zero-order chi connectivity index (χ0) is 21.2. The smallest absolute Gasteiger partial charge is 0.332 e. The van der Waals surface area contributed by atoms with Gasteiger partial charge in [-0.15, -0.1) is 0 Å². The number of alkyl halides is 3. The van der Waals surface area contributed by atoms with E-state index in [-0.39, 0.29) is 5.91 Å². The normalized spacial score (nSPS) is 17.7. The van der Waals surface area contributed by atoms with Crippen LogP contribution in [-0.4, -0.2) is 29.5 Å². The van der Waals surface area contributed by atoms with Crippen LogP contribution in [0.15, 0.2) is 60.7 Å². The van der Waals surface area contributed by atoms with E-state index in [1.807, 2.05) is 30.3 Å². The number of amides is 1. The number of nitrogens with one attached hydrogen (secondary N) is 1. The van der Waals surface area contributed by atoms with Gasteiger partial charge in [0.05, 0.1) is 11.3 Å². The van der Waals surface area contributed by atoms with Crippen LogP contribution in [0.2, 0.25) is 0 Å². The summed E-state index contributed by atoms with van der Waals surface area (Å²) in [5.74, 6) is 4.83. The number of carbonyl (C=O) groups excluding carboxylic acids is 1. The van der Waals surface area contributed by atoms with Gasteiger partial charge in [0, 0.05) is 37.4 Å². The van der Waals surface area contributed by atoms with Crippen LogP contribution in [0.3, 0.4) is 0 Å². The van der Waals surface area contributed by atoms with Crippen LogP contribution in [0.25, 0.3) is 5.70 Å². The molecule has 0 aliphatic carbocycles. The Morgan fingerprint density at radius 2 is 1.70 bits per heavy atom. The van der Waals surface area contributed by atoms with Crippen molar-refractivity contribution in [2.45, 2.75) is 24.6 Å². The summed E-state index contributed by atoms with van der Waals surface area (Å²) in [6, 6.07) is 14.3. The van der Waals surface area contributed by atoms with E-state index in [1.165, 1.54) is 12.1 Å². The summed E-state index contributed by atoms with van der Waals surface area (Å²) in [6.45, 7) is 0.974. The SMILES string of the molecule is O=C(C#Cc1ccc(C(F)(F)F)cc1)N1CCC2(C=C(c3ccccc3)NO2)CC1. The zero-order valence-corrected chi connectivity index (χ0v) is 16.0. The molecular weight excluding hydrogens is 393 g/mol. The highest BCUT2D eigenvalue weighted by Gasteiger charge is 2.39. The zero-order valence-electron chi connectivity index (χ0n) is 16.0. The molecule has 7 heteroatoms. The Hall–Kier alpha value is -3.24. The van der Waals surface area contributed by atoms with Gasteiger partial charge < -0.3 is 4.90 Å². The highest BCUT2D eigenvalue weighted by Crippen LogP contribution is 2.34. The molecule has 0 unspecified atom stereocenters. The van der Waals surface area contributed by atoms with Crippen molar-refractivity contribution in [1.82, 2.24) is 10.4 Å². The highest BCUT2D eigenvalue weighted by molar-refractivity contribution is 5.94. The average Bonchev–Trinajstić information content (AvgIpc) is 3.16. The Kier molecular flexibility index (Phi) is 5.27. The molecule has 0 bridgehead atoms. The number of halogens is 3. The molecule has 2 aromatic rings. The second-order valence-corrected chi connectivity index (χ2v) is 7.31. The van der Waals surface area contributed by atoms with Gasteiger partial charge in [0.25, 0.3) is 5.91 Å². The van der Waals surface area contributed by atoms with E-state index >= 15 is 0 Å². The number of benzene rings is 2. The molecule has 1 fully saturated rings. The third-order valence-electron chi connectivity index (χ3n) is 5.28. The maximum Gasteiger partial charge on any atom is 0.416 e. The molecule has 2 aliphatic heterocycles. The molecule has 0 aromatic heterocycles. The van der Waals surface area contributed by atoms with Gasteiger partial charge in [0.15, 0.2) is 0 Å². The molecular formula is C23H19F3N2O2. The predicted molar refractivity (Wildman–Crippen MR) is 106 cm³/mol. The van der Waals surface area contributed by atoms with Gasteiger partial charge in [-0.1, -0.05) is 36.3 Å². The highest BCUT2D eigenvalue weighted by atomic mass is 19.4. The van der Waals surface area contributed by atoms with Crippen LogP contribution in [-0.2, 0) is 15.8 Å². The van der Waals surface area contributed by atoms with E-state index in [1.54, 1.807) is 4.90 Å². The molecule has 1 spiro atoms. The van der Waals surface area contributed by atoms with Crippen LogP contribution in [0.5, 0.6) is 0 Å². The third kappa shape index (κ3) is 4.34. The maximum atomic E-state index is 12.6. The van der Waals surface area contributed by atoms with E-state index in [9.17, 15) is 18.0 Å². The lowest BCUT2D eigenvalue weighted by Crippen LogP contribution is -2.46. The van der Waals surface area contributed by atoms with E-state index < -0.39 is 17.3 Å². The van der Waals surface area contributed by atoms with Crippen molar-refractivity contribution in [3.05, 3.63) is 77.4 Å². The maximum absolute atomic E-state index is 12.6. The molecule has 4 nitrogen and oxygen atoms in total. The quantitative estimate of drug-likeness (QED) is 0.720. The fourth-order valence-electron chi connectivity index (χ4n) is 3.52. The van der Waals surface area contributed by atoms with E-state index in [0.717, 1.165) is 23.4 Å². The molecule has 0 radical (unpaired) electrons. The number of nitrogens with zero attached hydrogens (tertiary/aromatic N) is 1. The molecule has 30 heavy (non-hydrogen) atoms. The molecule has 4 rings (SSSR count). The Morgan fingerprint density at radius 1 is 1.03 bits per heavy atom. The number of hydroxylamine groups is 1. The topological polar surface area (TPSA) is 41.6 Å². The van der Waals surface area contributed by atoms with Gasteiger partial charge >= 0.3 is 6.18 Å². The van der Waals surface area contributed by atoms with Crippen molar-refractivity contribution < 1.29 is 22.8 Å².